The molecule has 1 amide bonds. The van der Waals surface area contributed by atoms with E-state index < -0.39 is 0 Å². The molecule has 1 heterocycles. The maximum atomic E-state index is 12.4. The second-order valence-corrected chi connectivity index (χ2v) is 6.98. The maximum absolute atomic E-state index is 12.4. The summed E-state index contributed by atoms with van der Waals surface area (Å²) in [6, 6.07) is 18.5. The molecule has 0 spiro atoms. The smallest absolute Gasteiger partial charge is 0.222 e. The Morgan fingerprint density at radius 2 is 1.67 bits per heavy atom. The van der Waals surface area contributed by atoms with Crippen LogP contribution < -0.4 is 0 Å². The molecule has 0 aliphatic carbocycles. The lowest BCUT2D eigenvalue weighted by Crippen LogP contribution is -2.37. The largest absolute Gasteiger partial charge is 0.343 e. The summed E-state index contributed by atoms with van der Waals surface area (Å²) in [6.07, 6.45) is 4.66. The SMILES string of the molecule is O=C(CCCc1ccccc1)N1CCC(c2ccc(Cl)cc2)CC1. The average molecular weight is 342 g/mol. The van der Waals surface area contributed by atoms with Crippen molar-refractivity contribution in [2.24, 2.45) is 0 Å². The lowest BCUT2D eigenvalue weighted by atomic mass is 9.89. The summed E-state index contributed by atoms with van der Waals surface area (Å²) >= 11 is 5.96. The zero-order valence-electron chi connectivity index (χ0n) is 14.0. The zero-order valence-corrected chi connectivity index (χ0v) is 14.7. The lowest BCUT2D eigenvalue weighted by molar-refractivity contribution is -0.132. The van der Waals surface area contributed by atoms with Crippen LogP contribution in [0, 0.1) is 0 Å². The van der Waals surface area contributed by atoms with E-state index in [0.29, 0.717) is 18.2 Å². The fraction of sp³-hybridized carbons (Fsp3) is 0.381. The van der Waals surface area contributed by atoms with Crippen molar-refractivity contribution in [3.8, 4) is 0 Å². The van der Waals surface area contributed by atoms with E-state index in [4.69, 9.17) is 11.6 Å². The topological polar surface area (TPSA) is 20.3 Å². The van der Waals surface area contributed by atoms with E-state index in [1.165, 1.54) is 11.1 Å². The van der Waals surface area contributed by atoms with Gasteiger partial charge in [-0.1, -0.05) is 54.1 Å². The van der Waals surface area contributed by atoms with Crippen LogP contribution in [0.2, 0.25) is 5.02 Å². The summed E-state index contributed by atoms with van der Waals surface area (Å²) in [5.74, 6) is 0.858. The molecule has 0 N–H and O–H groups in total. The number of carbonyl (C=O) groups excluding carboxylic acids is 1. The highest BCUT2D eigenvalue weighted by Gasteiger charge is 2.23. The molecular weight excluding hydrogens is 318 g/mol. The van der Waals surface area contributed by atoms with E-state index in [2.05, 4.69) is 36.4 Å². The Morgan fingerprint density at radius 1 is 1.00 bits per heavy atom. The zero-order chi connectivity index (χ0) is 16.8. The number of halogens is 1. The number of likely N-dealkylation sites (tertiary alicyclic amines) is 1. The summed E-state index contributed by atoms with van der Waals surface area (Å²) in [5.41, 5.74) is 2.65. The van der Waals surface area contributed by atoms with Crippen molar-refractivity contribution >= 4 is 17.5 Å². The standard InChI is InChI=1S/C21H24ClNO/c22-20-11-9-18(10-12-20)19-13-15-23(16-14-19)21(24)8-4-7-17-5-2-1-3-6-17/h1-3,5-6,9-12,19H,4,7-8,13-16H2. The number of nitrogens with zero attached hydrogens (tertiary/aromatic N) is 1. The van der Waals surface area contributed by atoms with Gasteiger partial charge in [0, 0.05) is 24.5 Å². The van der Waals surface area contributed by atoms with Gasteiger partial charge in [-0.3, -0.25) is 4.79 Å². The van der Waals surface area contributed by atoms with Gasteiger partial charge in [0.05, 0.1) is 0 Å². The van der Waals surface area contributed by atoms with Crippen LogP contribution in [0.15, 0.2) is 54.6 Å². The highest BCUT2D eigenvalue weighted by molar-refractivity contribution is 6.30. The summed E-state index contributed by atoms with van der Waals surface area (Å²) in [6.45, 7) is 1.74. The Bertz CT molecular complexity index is 645. The minimum absolute atomic E-state index is 0.306. The Balaban J connectivity index is 1.42. The van der Waals surface area contributed by atoms with Crippen molar-refractivity contribution in [3.05, 3.63) is 70.7 Å². The van der Waals surface area contributed by atoms with Gasteiger partial charge < -0.3 is 4.90 Å². The summed E-state index contributed by atoms with van der Waals surface area (Å²) in [5, 5.41) is 0.782. The number of rotatable bonds is 5. The van der Waals surface area contributed by atoms with Crippen LogP contribution in [-0.2, 0) is 11.2 Å². The number of aryl methyl sites for hydroxylation is 1. The van der Waals surface area contributed by atoms with Gasteiger partial charge in [-0.15, -0.1) is 0 Å². The van der Waals surface area contributed by atoms with Crippen LogP contribution in [-0.4, -0.2) is 23.9 Å². The fourth-order valence-corrected chi connectivity index (χ4v) is 3.57. The van der Waals surface area contributed by atoms with Gasteiger partial charge in [0.2, 0.25) is 5.91 Å². The Hall–Kier alpha value is -1.80. The minimum atomic E-state index is 0.306. The third-order valence-corrected chi connectivity index (χ3v) is 5.14. The molecule has 0 bridgehead atoms. The van der Waals surface area contributed by atoms with Crippen LogP contribution in [0.25, 0.3) is 0 Å². The summed E-state index contributed by atoms with van der Waals surface area (Å²) in [7, 11) is 0. The third-order valence-electron chi connectivity index (χ3n) is 4.89. The van der Waals surface area contributed by atoms with Crippen molar-refractivity contribution in [2.45, 2.75) is 38.0 Å². The Morgan fingerprint density at radius 3 is 2.33 bits per heavy atom. The van der Waals surface area contributed by atoms with Crippen molar-refractivity contribution in [2.75, 3.05) is 13.1 Å². The van der Waals surface area contributed by atoms with Crippen molar-refractivity contribution in [3.63, 3.8) is 0 Å². The van der Waals surface area contributed by atoms with E-state index >= 15 is 0 Å². The number of hydrogen-bond donors (Lipinski definition) is 0. The van der Waals surface area contributed by atoms with Gasteiger partial charge in [-0.05, 0) is 54.9 Å². The molecule has 126 valence electrons. The molecule has 1 aliphatic rings. The molecule has 0 unspecified atom stereocenters. The fourth-order valence-electron chi connectivity index (χ4n) is 3.44. The second-order valence-electron chi connectivity index (χ2n) is 6.55. The van der Waals surface area contributed by atoms with Crippen molar-refractivity contribution in [1.82, 2.24) is 4.90 Å². The van der Waals surface area contributed by atoms with Crippen molar-refractivity contribution < 1.29 is 4.79 Å². The van der Waals surface area contributed by atoms with Gasteiger partial charge in [0.25, 0.3) is 0 Å². The second kappa shape index (κ2) is 8.34. The first-order valence-corrected chi connectivity index (χ1v) is 9.17. The highest BCUT2D eigenvalue weighted by Crippen LogP contribution is 2.29. The first-order chi connectivity index (χ1) is 11.7. The van der Waals surface area contributed by atoms with Crippen LogP contribution in [0.5, 0.6) is 0 Å². The van der Waals surface area contributed by atoms with Gasteiger partial charge in [0.1, 0.15) is 0 Å². The normalized spacial score (nSPS) is 15.5. The molecule has 3 heteroatoms. The van der Waals surface area contributed by atoms with Gasteiger partial charge in [-0.25, -0.2) is 0 Å². The van der Waals surface area contributed by atoms with Crippen LogP contribution >= 0.6 is 11.6 Å². The average Bonchev–Trinajstić information content (AvgIpc) is 2.63. The molecule has 0 atom stereocenters. The molecule has 1 saturated heterocycles. The molecule has 1 fully saturated rings. The first-order valence-electron chi connectivity index (χ1n) is 8.79. The molecule has 3 rings (SSSR count). The molecule has 0 saturated carbocycles. The molecule has 2 nitrogen and oxygen atoms in total. The van der Waals surface area contributed by atoms with Gasteiger partial charge in [0.15, 0.2) is 0 Å². The number of piperidine rings is 1. The summed E-state index contributed by atoms with van der Waals surface area (Å²) in [4.78, 5) is 14.4. The first kappa shape index (κ1) is 17.0. The molecular formula is C21H24ClNO. The van der Waals surface area contributed by atoms with Crippen molar-refractivity contribution in [1.29, 1.82) is 0 Å². The minimum Gasteiger partial charge on any atom is -0.343 e. The Labute approximate surface area is 149 Å². The van der Waals surface area contributed by atoms with Gasteiger partial charge in [-0.2, -0.15) is 0 Å². The molecule has 2 aromatic rings. The number of hydrogen-bond acceptors (Lipinski definition) is 1. The number of benzene rings is 2. The number of carbonyl (C=O) groups is 1. The predicted molar refractivity (Wildman–Crippen MR) is 99.4 cm³/mol. The molecule has 0 aromatic heterocycles. The highest BCUT2D eigenvalue weighted by atomic mass is 35.5. The van der Waals surface area contributed by atoms with E-state index in [9.17, 15) is 4.79 Å². The molecule has 1 aliphatic heterocycles. The molecule has 24 heavy (non-hydrogen) atoms. The van der Waals surface area contributed by atoms with Crippen LogP contribution in [0.1, 0.15) is 42.7 Å². The van der Waals surface area contributed by atoms with E-state index in [1.807, 2.05) is 23.1 Å². The van der Waals surface area contributed by atoms with Crippen LogP contribution in [0.4, 0.5) is 0 Å². The quantitative estimate of drug-likeness (QED) is 0.743. The summed E-state index contributed by atoms with van der Waals surface area (Å²) < 4.78 is 0. The lowest BCUT2D eigenvalue weighted by Gasteiger charge is -2.32. The molecule has 2 aromatic carbocycles. The third kappa shape index (κ3) is 4.61. The maximum Gasteiger partial charge on any atom is 0.222 e. The van der Waals surface area contributed by atoms with E-state index in [0.717, 1.165) is 43.8 Å². The Kier molecular flexibility index (Phi) is 5.92. The van der Waals surface area contributed by atoms with Crippen LogP contribution in [0.3, 0.4) is 0 Å². The van der Waals surface area contributed by atoms with E-state index in [1.54, 1.807) is 0 Å². The van der Waals surface area contributed by atoms with Gasteiger partial charge >= 0.3 is 0 Å². The number of amides is 1. The predicted octanol–water partition coefficient (Wildman–Crippen LogP) is 5.07. The monoisotopic (exact) mass is 341 g/mol. The molecule has 0 radical (unpaired) electrons. The van der Waals surface area contributed by atoms with E-state index in [-0.39, 0.29) is 0 Å².